The van der Waals surface area contributed by atoms with E-state index in [0.717, 1.165) is 6.26 Å². The number of nitrogens with one attached hydrogen (secondary N) is 1. The monoisotopic (exact) mass is 228 g/mol. The quantitative estimate of drug-likeness (QED) is 0.677. The Kier molecular flexibility index (Phi) is 4.30. The maximum atomic E-state index is 10.5. The first-order valence-corrected chi connectivity index (χ1v) is 5.09. The Hall–Kier alpha value is -1.56. The van der Waals surface area contributed by atoms with Crippen molar-refractivity contribution in [1.82, 2.24) is 4.98 Å². The predicted molar refractivity (Wildman–Crippen MR) is 57.4 cm³/mol. The molecule has 0 bridgehead atoms. The van der Waals surface area contributed by atoms with E-state index in [9.17, 15) is 9.90 Å². The van der Waals surface area contributed by atoms with Gasteiger partial charge in [-0.05, 0) is 12.3 Å². The van der Waals surface area contributed by atoms with Crippen LogP contribution in [0.2, 0.25) is 0 Å². The Labute approximate surface area is 93.3 Å². The molecule has 1 aromatic rings. The summed E-state index contributed by atoms with van der Waals surface area (Å²) in [6.07, 6.45) is 1.22. The summed E-state index contributed by atoms with van der Waals surface area (Å²) in [4.78, 5) is 14.2. The van der Waals surface area contributed by atoms with E-state index >= 15 is 0 Å². The first kappa shape index (κ1) is 12.5. The average molecular weight is 228 g/mol. The minimum atomic E-state index is -1.14. The highest BCUT2D eigenvalue weighted by atomic mass is 16.4. The van der Waals surface area contributed by atoms with Crippen LogP contribution in [0.25, 0.3) is 0 Å². The SMILES string of the molecule is CC(C)CC(O)CNc1nc(C(=O)O)co1. The molecule has 0 amide bonds. The van der Waals surface area contributed by atoms with Crippen molar-refractivity contribution in [3.63, 3.8) is 0 Å². The number of carbonyl (C=O) groups is 1. The highest BCUT2D eigenvalue weighted by Crippen LogP contribution is 2.09. The lowest BCUT2D eigenvalue weighted by Gasteiger charge is -2.12. The maximum absolute atomic E-state index is 10.5. The van der Waals surface area contributed by atoms with Crippen molar-refractivity contribution in [3.8, 4) is 0 Å². The number of carboxylic acids is 1. The van der Waals surface area contributed by atoms with Crippen molar-refractivity contribution in [2.24, 2.45) is 5.92 Å². The predicted octanol–water partition coefficient (Wildman–Crippen LogP) is 1.19. The van der Waals surface area contributed by atoms with Gasteiger partial charge >= 0.3 is 5.97 Å². The zero-order valence-electron chi connectivity index (χ0n) is 9.30. The Morgan fingerprint density at radius 1 is 1.62 bits per heavy atom. The minimum absolute atomic E-state index is 0.111. The molecule has 0 radical (unpaired) electrons. The number of anilines is 1. The maximum Gasteiger partial charge on any atom is 0.357 e. The van der Waals surface area contributed by atoms with E-state index in [1.807, 2.05) is 13.8 Å². The molecule has 1 unspecified atom stereocenters. The molecule has 6 heteroatoms. The van der Waals surface area contributed by atoms with E-state index in [0.29, 0.717) is 12.3 Å². The van der Waals surface area contributed by atoms with Crippen LogP contribution in [0.5, 0.6) is 0 Å². The van der Waals surface area contributed by atoms with Crippen LogP contribution in [-0.2, 0) is 0 Å². The van der Waals surface area contributed by atoms with Gasteiger partial charge in [0.05, 0.1) is 6.10 Å². The van der Waals surface area contributed by atoms with Crippen LogP contribution < -0.4 is 5.32 Å². The van der Waals surface area contributed by atoms with Gasteiger partial charge in [0.25, 0.3) is 6.01 Å². The molecule has 0 aliphatic heterocycles. The summed E-state index contributed by atoms with van der Waals surface area (Å²) >= 11 is 0. The third-order valence-electron chi connectivity index (χ3n) is 1.96. The zero-order valence-corrected chi connectivity index (χ0v) is 9.30. The molecule has 1 atom stereocenters. The van der Waals surface area contributed by atoms with E-state index in [-0.39, 0.29) is 18.3 Å². The first-order valence-electron chi connectivity index (χ1n) is 5.09. The second-order valence-electron chi connectivity index (χ2n) is 4.01. The molecule has 1 aromatic heterocycles. The van der Waals surface area contributed by atoms with Crippen LogP contribution in [0.1, 0.15) is 30.8 Å². The highest BCUT2D eigenvalue weighted by molar-refractivity contribution is 5.85. The van der Waals surface area contributed by atoms with Gasteiger partial charge in [-0.3, -0.25) is 0 Å². The molecule has 0 spiro atoms. The minimum Gasteiger partial charge on any atom is -0.476 e. The number of hydrogen-bond donors (Lipinski definition) is 3. The van der Waals surface area contributed by atoms with E-state index in [1.54, 1.807) is 0 Å². The number of aliphatic hydroxyl groups is 1. The van der Waals surface area contributed by atoms with Gasteiger partial charge in [-0.15, -0.1) is 0 Å². The van der Waals surface area contributed by atoms with E-state index in [1.165, 1.54) is 0 Å². The van der Waals surface area contributed by atoms with Crippen LogP contribution in [0.4, 0.5) is 6.01 Å². The van der Waals surface area contributed by atoms with Crippen LogP contribution in [0.3, 0.4) is 0 Å². The highest BCUT2D eigenvalue weighted by Gasteiger charge is 2.12. The summed E-state index contributed by atoms with van der Waals surface area (Å²) in [5.41, 5.74) is -0.152. The van der Waals surface area contributed by atoms with Gasteiger partial charge in [-0.1, -0.05) is 13.8 Å². The number of aliphatic hydroxyl groups excluding tert-OH is 1. The Bertz CT molecular complexity index is 348. The van der Waals surface area contributed by atoms with Crippen molar-refractivity contribution in [1.29, 1.82) is 0 Å². The summed E-state index contributed by atoms with van der Waals surface area (Å²) in [6, 6.07) is 0.111. The van der Waals surface area contributed by atoms with Gasteiger partial charge in [0.1, 0.15) is 6.26 Å². The van der Waals surface area contributed by atoms with Crippen molar-refractivity contribution in [2.45, 2.75) is 26.4 Å². The lowest BCUT2D eigenvalue weighted by molar-refractivity contribution is 0.0690. The second kappa shape index (κ2) is 5.50. The Morgan fingerprint density at radius 2 is 2.31 bits per heavy atom. The third kappa shape index (κ3) is 3.90. The lowest BCUT2D eigenvalue weighted by atomic mass is 10.1. The fourth-order valence-electron chi connectivity index (χ4n) is 1.29. The summed E-state index contributed by atoms with van der Waals surface area (Å²) in [6.45, 7) is 4.31. The number of oxazole rings is 1. The normalized spacial score (nSPS) is 12.8. The molecule has 0 saturated heterocycles. The first-order chi connectivity index (χ1) is 7.49. The van der Waals surface area contributed by atoms with Gasteiger partial charge in [-0.25, -0.2) is 4.79 Å². The lowest BCUT2D eigenvalue weighted by Crippen LogP contribution is -2.21. The molecule has 6 nitrogen and oxygen atoms in total. The van der Waals surface area contributed by atoms with Crippen molar-refractivity contribution in [2.75, 3.05) is 11.9 Å². The zero-order chi connectivity index (χ0) is 12.1. The summed E-state index contributed by atoms with van der Waals surface area (Å²) < 4.78 is 4.87. The fraction of sp³-hybridized carbons (Fsp3) is 0.600. The van der Waals surface area contributed by atoms with Gasteiger partial charge in [0.15, 0.2) is 5.69 Å². The van der Waals surface area contributed by atoms with Crippen LogP contribution in [0, 0.1) is 5.92 Å². The van der Waals surface area contributed by atoms with Crippen molar-refractivity contribution < 1.29 is 19.4 Å². The van der Waals surface area contributed by atoms with E-state index in [4.69, 9.17) is 9.52 Å². The van der Waals surface area contributed by atoms with Crippen LogP contribution in [-0.4, -0.2) is 33.8 Å². The smallest absolute Gasteiger partial charge is 0.357 e. The third-order valence-corrected chi connectivity index (χ3v) is 1.96. The molecule has 0 fully saturated rings. The van der Waals surface area contributed by atoms with Crippen LogP contribution in [0.15, 0.2) is 10.7 Å². The van der Waals surface area contributed by atoms with Crippen molar-refractivity contribution in [3.05, 3.63) is 12.0 Å². The number of rotatable bonds is 6. The van der Waals surface area contributed by atoms with Crippen molar-refractivity contribution >= 4 is 12.0 Å². The second-order valence-corrected chi connectivity index (χ2v) is 4.01. The summed E-state index contributed by atoms with van der Waals surface area (Å²) in [7, 11) is 0. The molecule has 0 aromatic carbocycles. The number of aromatic nitrogens is 1. The van der Waals surface area contributed by atoms with Gasteiger partial charge in [-0.2, -0.15) is 4.98 Å². The van der Waals surface area contributed by atoms with Gasteiger partial charge in [0, 0.05) is 6.54 Å². The van der Waals surface area contributed by atoms with Gasteiger partial charge in [0.2, 0.25) is 0 Å². The number of nitrogens with zero attached hydrogens (tertiary/aromatic N) is 1. The number of hydrogen-bond acceptors (Lipinski definition) is 5. The molecule has 16 heavy (non-hydrogen) atoms. The van der Waals surface area contributed by atoms with E-state index in [2.05, 4.69) is 10.3 Å². The molecule has 0 saturated carbocycles. The molecule has 1 heterocycles. The van der Waals surface area contributed by atoms with E-state index < -0.39 is 12.1 Å². The molecule has 3 N–H and O–H groups in total. The average Bonchev–Trinajstić information content (AvgIpc) is 2.61. The number of aromatic carboxylic acids is 1. The molecule has 0 aliphatic carbocycles. The topological polar surface area (TPSA) is 95.6 Å². The summed E-state index contributed by atoms with van der Waals surface area (Å²) in [5, 5.41) is 20.9. The van der Waals surface area contributed by atoms with Gasteiger partial charge < -0.3 is 19.9 Å². The summed E-state index contributed by atoms with van der Waals surface area (Å²) in [5.74, 6) is -0.740. The fourth-order valence-corrected chi connectivity index (χ4v) is 1.29. The molecule has 1 rings (SSSR count). The van der Waals surface area contributed by atoms with Crippen LogP contribution >= 0.6 is 0 Å². The molecular formula is C10H16N2O4. The Morgan fingerprint density at radius 3 is 2.81 bits per heavy atom. The molecule has 0 aliphatic rings. The molecule has 90 valence electrons. The standard InChI is InChI=1S/C10H16N2O4/c1-6(2)3-7(13)4-11-10-12-8(5-16-10)9(14)15/h5-7,13H,3-4H2,1-2H3,(H,11,12)(H,14,15). The Balaban J connectivity index is 2.39. The number of carboxylic acid groups (broad SMARTS) is 1. The largest absolute Gasteiger partial charge is 0.476 e. The molecular weight excluding hydrogens is 212 g/mol.